The third-order valence-corrected chi connectivity index (χ3v) is 12.0. The van der Waals surface area contributed by atoms with Gasteiger partial charge in [-0.1, -0.05) is 38.5 Å². The fraction of sp³-hybridized carbons (Fsp3) is 0.619. The van der Waals surface area contributed by atoms with Crippen LogP contribution >= 0.6 is 0 Å². The molecule has 1 heterocycles. The van der Waals surface area contributed by atoms with Crippen LogP contribution in [-0.4, -0.2) is 35.0 Å². The van der Waals surface area contributed by atoms with E-state index in [-0.39, 0.29) is 5.04 Å². The molecule has 27 heavy (non-hydrogen) atoms. The van der Waals surface area contributed by atoms with Crippen molar-refractivity contribution in [3.63, 3.8) is 0 Å². The summed E-state index contributed by atoms with van der Waals surface area (Å²) in [6, 6.07) is 6.98. The van der Waals surface area contributed by atoms with Crippen LogP contribution in [0.4, 0.5) is 0 Å². The molecule has 0 bridgehead atoms. The van der Waals surface area contributed by atoms with Crippen molar-refractivity contribution in [2.45, 2.75) is 82.7 Å². The summed E-state index contributed by atoms with van der Waals surface area (Å²) in [6.07, 6.45) is 1.81. The summed E-state index contributed by atoms with van der Waals surface area (Å²) >= 11 is 0. The molecule has 0 fully saturated rings. The van der Waals surface area contributed by atoms with E-state index in [4.69, 9.17) is 9.16 Å². The molecule has 1 aromatic carbocycles. The number of hydrogen-bond acceptors (Lipinski definition) is 4. The van der Waals surface area contributed by atoms with Crippen molar-refractivity contribution < 1.29 is 17.6 Å². The zero-order valence-electron chi connectivity index (χ0n) is 17.9. The predicted molar refractivity (Wildman–Crippen MR) is 113 cm³/mol. The molecule has 0 saturated carbocycles. The second kappa shape index (κ2) is 7.47. The van der Waals surface area contributed by atoms with Crippen LogP contribution in [0.15, 0.2) is 40.1 Å². The molecule has 1 unspecified atom stereocenters. The monoisotopic (exact) mass is 410 g/mol. The third kappa shape index (κ3) is 5.11. The molecule has 0 aromatic heterocycles. The van der Waals surface area contributed by atoms with Crippen LogP contribution in [0.3, 0.4) is 0 Å². The van der Waals surface area contributed by atoms with Gasteiger partial charge in [-0.2, -0.15) is 0 Å². The van der Waals surface area contributed by atoms with Gasteiger partial charge < -0.3 is 9.16 Å². The van der Waals surface area contributed by atoms with Crippen molar-refractivity contribution in [1.29, 1.82) is 0 Å². The van der Waals surface area contributed by atoms with Gasteiger partial charge in [0.05, 0.1) is 21.5 Å². The minimum atomic E-state index is -3.58. The van der Waals surface area contributed by atoms with Crippen LogP contribution in [0.1, 0.15) is 46.6 Å². The first-order chi connectivity index (χ1) is 12.2. The summed E-state index contributed by atoms with van der Waals surface area (Å²) in [5.74, 6) is 0. The zero-order valence-corrected chi connectivity index (χ0v) is 19.7. The van der Waals surface area contributed by atoms with Gasteiger partial charge >= 0.3 is 0 Å². The summed E-state index contributed by atoms with van der Waals surface area (Å²) in [4.78, 5) is 0.672. The molecule has 0 radical (unpaired) electrons. The lowest BCUT2D eigenvalue weighted by molar-refractivity contribution is -0.00828. The number of hydrogen-bond donors (Lipinski definition) is 0. The Labute approximate surface area is 166 Å². The van der Waals surface area contributed by atoms with Crippen molar-refractivity contribution in [1.82, 2.24) is 0 Å². The highest BCUT2D eigenvalue weighted by Crippen LogP contribution is 2.39. The highest BCUT2D eigenvalue weighted by atomic mass is 32.2. The molecule has 152 valence electrons. The summed E-state index contributed by atoms with van der Waals surface area (Å²) in [6.45, 7) is 17.2. The first kappa shape index (κ1) is 22.3. The molecule has 1 aliphatic rings. The van der Waals surface area contributed by atoms with E-state index in [0.29, 0.717) is 22.8 Å². The standard InChI is InChI=1S/C21H34O4SSi/c1-16-9-11-17(12-10-16)26(22,23)19-15-21(5,6)25-18(19)13-14-24-27(7,8)20(2,3)4/h9-12,15,18H,13-14H2,1-8H3. The summed E-state index contributed by atoms with van der Waals surface area (Å²) in [5.41, 5.74) is 0.430. The van der Waals surface area contributed by atoms with Crippen LogP contribution in [0, 0.1) is 6.92 Å². The van der Waals surface area contributed by atoms with Crippen LogP contribution < -0.4 is 0 Å². The molecule has 0 saturated heterocycles. The van der Waals surface area contributed by atoms with E-state index in [0.717, 1.165) is 5.56 Å². The average Bonchev–Trinajstić information content (AvgIpc) is 2.82. The zero-order chi connectivity index (χ0) is 20.7. The van der Waals surface area contributed by atoms with E-state index in [1.807, 2.05) is 32.9 Å². The van der Waals surface area contributed by atoms with Gasteiger partial charge in [0, 0.05) is 13.0 Å². The van der Waals surface area contributed by atoms with Gasteiger partial charge in [-0.15, -0.1) is 0 Å². The van der Waals surface area contributed by atoms with E-state index in [1.165, 1.54) is 0 Å². The third-order valence-electron chi connectivity index (χ3n) is 5.54. The molecule has 0 spiro atoms. The highest BCUT2D eigenvalue weighted by molar-refractivity contribution is 7.95. The predicted octanol–water partition coefficient (Wildman–Crippen LogP) is 5.24. The average molecular weight is 411 g/mol. The number of sulfone groups is 1. The lowest BCUT2D eigenvalue weighted by Gasteiger charge is -2.36. The van der Waals surface area contributed by atoms with E-state index in [9.17, 15) is 8.42 Å². The second-order valence-corrected chi connectivity index (χ2v) is 16.2. The highest BCUT2D eigenvalue weighted by Gasteiger charge is 2.41. The molecular formula is C21H34O4SSi. The number of aryl methyl sites for hydroxylation is 1. The molecule has 1 atom stereocenters. The molecule has 1 aliphatic heterocycles. The molecule has 1 aromatic rings. The smallest absolute Gasteiger partial charge is 0.205 e. The maximum absolute atomic E-state index is 13.2. The second-order valence-electron chi connectivity index (χ2n) is 9.47. The van der Waals surface area contributed by atoms with E-state index < -0.39 is 29.9 Å². The van der Waals surface area contributed by atoms with Gasteiger partial charge in [-0.05, 0) is 57.1 Å². The van der Waals surface area contributed by atoms with Crippen molar-refractivity contribution in [2.75, 3.05) is 6.61 Å². The van der Waals surface area contributed by atoms with E-state index in [1.54, 1.807) is 18.2 Å². The Hall–Kier alpha value is -0.953. The topological polar surface area (TPSA) is 52.6 Å². The fourth-order valence-electron chi connectivity index (χ4n) is 2.84. The maximum atomic E-state index is 13.2. The number of rotatable bonds is 6. The molecule has 0 aliphatic carbocycles. The van der Waals surface area contributed by atoms with Gasteiger partial charge in [0.2, 0.25) is 9.84 Å². The van der Waals surface area contributed by atoms with Crippen molar-refractivity contribution in [3.8, 4) is 0 Å². The van der Waals surface area contributed by atoms with Crippen LogP contribution in [0.25, 0.3) is 0 Å². The molecular weight excluding hydrogens is 376 g/mol. The van der Waals surface area contributed by atoms with E-state index in [2.05, 4.69) is 33.9 Å². The van der Waals surface area contributed by atoms with Crippen molar-refractivity contribution >= 4 is 18.2 Å². The largest absolute Gasteiger partial charge is 0.417 e. The molecule has 6 heteroatoms. The van der Waals surface area contributed by atoms with Crippen molar-refractivity contribution in [2.24, 2.45) is 0 Å². The quantitative estimate of drug-likeness (QED) is 0.602. The van der Waals surface area contributed by atoms with Crippen LogP contribution in [-0.2, 0) is 19.0 Å². The fourth-order valence-corrected chi connectivity index (χ4v) is 5.62. The minimum Gasteiger partial charge on any atom is -0.417 e. The first-order valence-electron chi connectivity index (χ1n) is 9.52. The lowest BCUT2D eigenvalue weighted by Crippen LogP contribution is -2.41. The minimum absolute atomic E-state index is 0.120. The number of benzene rings is 1. The lowest BCUT2D eigenvalue weighted by atomic mass is 10.1. The molecule has 0 N–H and O–H groups in total. The van der Waals surface area contributed by atoms with Gasteiger partial charge in [0.1, 0.15) is 0 Å². The Kier molecular flexibility index (Phi) is 6.18. The SMILES string of the molecule is Cc1ccc(S(=O)(=O)C2=CC(C)(C)OC2CCO[Si](C)(C)C(C)(C)C)cc1. The normalized spacial score (nSPS) is 20.6. The van der Waals surface area contributed by atoms with Gasteiger partial charge in [-0.3, -0.25) is 0 Å². The van der Waals surface area contributed by atoms with Crippen LogP contribution in [0.5, 0.6) is 0 Å². The Bertz CT molecular complexity index is 800. The summed E-state index contributed by atoms with van der Waals surface area (Å²) in [5, 5.41) is 0.120. The Morgan fingerprint density at radius 2 is 1.70 bits per heavy atom. The molecule has 2 rings (SSSR count). The Balaban J connectivity index is 2.20. The van der Waals surface area contributed by atoms with Gasteiger partial charge in [0.25, 0.3) is 0 Å². The van der Waals surface area contributed by atoms with E-state index >= 15 is 0 Å². The Morgan fingerprint density at radius 1 is 1.15 bits per heavy atom. The summed E-state index contributed by atoms with van der Waals surface area (Å²) in [7, 11) is -5.45. The van der Waals surface area contributed by atoms with Gasteiger partial charge in [0.15, 0.2) is 8.32 Å². The van der Waals surface area contributed by atoms with Crippen molar-refractivity contribution in [3.05, 3.63) is 40.8 Å². The first-order valence-corrected chi connectivity index (χ1v) is 13.9. The molecule has 0 amide bonds. The maximum Gasteiger partial charge on any atom is 0.205 e. The summed E-state index contributed by atoms with van der Waals surface area (Å²) < 4.78 is 38.7. The van der Waals surface area contributed by atoms with Crippen LogP contribution in [0.2, 0.25) is 18.1 Å². The Morgan fingerprint density at radius 3 is 2.22 bits per heavy atom. The molecule has 4 nitrogen and oxygen atoms in total. The number of ether oxygens (including phenoxy) is 1. The van der Waals surface area contributed by atoms with Gasteiger partial charge in [-0.25, -0.2) is 8.42 Å².